The highest BCUT2D eigenvalue weighted by molar-refractivity contribution is 5.83. The molecule has 0 atom stereocenters. The minimum Gasteiger partial charge on any atom is -0.369 e. The van der Waals surface area contributed by atoms with Gasteiger partial charge in [-0.05, 0) is 13.8 Å². The average molecular weight is 143 g/mol. The van der Waals surface area contributed by atoms with Crippen molar-refractivity contribution in [2.75, 3.05) is 6.54 Å². The van der Waals surface area contributed by atoms with E-state index in [0.29, 0.717) is 0 Å². The molecule has 0 saturated carbocycles. The zero-order valence-corrected chi connectivity index (χ0v) is 6.23. The number of amidine groups is 1. The zero-order valence-electron chi connectivity index (χ0n) is 6.23. The van der Waals surface area contributed by atoms with Gasteiger partial charge in [0.1, 0.15) is 5.84 Å². The molecule has 5 heteroatoms. The molecule has 0 saturated heterocycles. The van der Waals surface area contributed by atoms with E-state index >= 15 is 0 Å². The highest BCUT2D eigenvalue weighted by Crippen LogP contribution is 1.68. The molecule has 0 radical (unpaired) electrons. The van der Waals surface area contributed by atoms with Gasteiger partial charge >= 0.3 is 0 Å². The molecule has 5 N–H and O–H groups in total. The van der Waals surface area contributed by atoms with E-state index < -0.39 is 0 Å². The molecule has 0 spiro atoms. The molecule has 0 aromatic heterocycles. The van der Waals surface area contributed by atoms with Crippen LogP contribution in [0, 0.1) is 5.41 Å². The third-order valence-corrected chi connectivity index (χ3v) is 0.773. The second-order valence-corrected chi connectivity index (χ2v) is 1.72. The Morgan fingerprint density at radius 2 is 2.20 bits per heavy atom. The van der Waals surface area contributed by atoms with Crippen molar-refractivity contribution in [2.45, 2.75) is 13.8 Å². The standard InChI is InChI=1S/C5H13N5/c1-3-8-4(2)9-10-5(6)7/h3H2,1-2H3,(H,8,9)(H4,6,7,10). The molecule has 0 aromatic carbocycles. The number of guanidine groups is 1. The summed E-state index contributed by atoms with van der Waals surface area (Å²) in [5, 5.41) is 6.77. The quantitative estimate of drug-likeness (QED) is 0.225. The fourth-order valence-electron chi connectivity index (χ4n) is 0.434. The number of rotatable bonds is 1. The van der Waals surface area contributed by atoms with E-state index in [-0.39, 0.29) is 5.96 Å². The van der Waals surface area contributed by atoms with Crippen LogP contribution in [-0.4, -0.2) is 18.3 Å². The number of aliphatic imine (C=N–C) groups is 1. The average Bonchev–Trinajstić information content (AvgIpc) is 1.85. The van der Waals surface area contributed by atoms with E-state index in [1.807, 2.05) is 6.92 Å². The Labute approximate surface area is 60.2 Å². The maximum absolute atomic E-state index is 6.77. The third-order valence-electron chi connectivity index (χ3n) is 0.773. The molecule has 0 bridgehead atoms. The lowest BCUT2D eigenvalue weighted by molar-refractivity contribution is 0.835. The molecule has 0 aromatic rings. The molecule has 0 amide bonds. The summed E-state index contributed by atoms with van der Waals surface area (Å²) in [5.41, 5.74) is 10.0. The lowest BCUT2D eigenvalue weighted by atomic mass is 10.7. The molecule has 0 aliphatic heterocycles. The molecular weight excluding hydrogens is 130 g/mol. The summed E-state index contributed by atoms with van der Waals surface area (Å²) in [6.07, 6.45) is 0. The topological polar surface area (TPSA) is 86.3 Å². The van der Waals surface area contributed by atoms with Crippen molar-refractivity contribution in [1.29, 1.82) is 5.41 Å². The van der Waals surface area contributed by atoms with E-state index in [2.05, 4.69) is 15.8 Å². The summed E-state index contributed by atoms with van der Waals surface area (Å²) in [5.74, 6) is 0.600. The molecule has 0 aliphatic carbocycles. The van der Waals surface area contributed by atoms with Crippen molar-refractivity contribution < 1.29 is 0 Å². The van der Waals surface area contributed by atoms with Gasteiger partial charge < -0.3 is 5.73 Å². The number of nitrogens with one attached hydrogen (secondary N) is 3. The molecule has 0 rings (SSSR count). The van der Waals surface area contributed by atoms with Gasteiger partial charge in [0.25, 0.3) is 0 Å². The van der Waals surface area contributed by atoms with Gasteiger partial charge in [-0.2, -0.15) is 0 Å². The van der Waals surface area contributed by atoms with Gasteiger partial charge in [-0.3, -0.25) is 21.3 Å². The minimum atomic E-state index is -0.120. The van der Waals surface area contributed by atoms with Crippen LogP contribution in [0.4, 0.5) is 0 Å². The number of hydrogen-bond acceptors (Lipinski definition) is 2. The molecule has 0 heterocycles. The van der Waals surface area contributed by atoms with Crippen LogP contribution in [0.2, 0.25) is 0 Å². The van der Waals surface area contributed by atoms with Crippen LogP contribution < -0.4 is 16.6 Å². The Kier molecular flexibility index (Phi) is 4.02. The normalized spacial score (nSPS) is 10.8. The van der Waals surface area contributed by atoms with Crippen molar-refractivity contribution in [3.8, 4) is 0 Å². The highest BCUT2D eigenvalue weighted by Gasteiger charge is 1.86. The van der Waals surface area contributed by atoms with Gasteiger partial charge in [-0.25, -0.2) is 0 Å². The summed E-state index contributed by atoms with van der Waals surface area (Å²) in [7, 11) is 0. The van der Waals surface area contributed by atoms with Crippen molar-refractivity contribution in [3.63, 3.8) is 0 Å². The minimum absolute atomic E-state index is 0.120. The second-order valence-electron chi connectivity index (χ2n) is 1.72. The van der Waals surface area contributed by atoms with Gasteiger partial charge in [0, 0.05) is 6.54 Å². The van der Waals surface area contributed by atoms with Crippen LogP contribution in [0.1, 0.15) is 13.8 Å². The Bertz CT molecular complexity index is 139. The summed E-state index contributed by atoms with van der Waals surface area (Å²) in [6, 6.07) is 0. The second kappa shape index (κ2) is 4.60. The van der Waals surface area contributed by atoms with E-state index in [4.69, 9.17) is 11.1 Å². The molecule has 58 valence electrons. The zero-order chi connectivity index (χ0) is 7.98. The number of nitrogens with zero attached hydrogens (tertiary/aromatic N) is 1. The molecule has 0 aliphatic rings. The van der Waals surface area contributed by atoms with Crippen molar-refractivity contribution >= 4 is 11.8 Å². The van der Waals surface area contributed by atoms with Crippen LogP contribution in [0.5, 0.6) is 0 Å². The Morgan fingerprint density at radius 1 is 1.60 bits per heavy atom. The molecule has 0 unspecified atom stereocenters. The maximum Gasteiger partial charge on any atom is 0.204 e. The SMILES string of the molecule is CCN=C(C)NNC(=N)N. The van der Waals surface area contributed by atoms with Gasteiger partial charge in [0.05, 0.1) is 0 Å². The van der Waals surface area contributed by atoms with Crippen molar-refractivity contribution in [2.24, 2.45) is 10.7 Å². The predicted molar refractivity (Wildman–Crippen MR) is 41.8 cm³/mol. The number of hydrogen-bond donors (Lipinski definition) is 4. The van der Waals surface area contributed by atoms with E-state index in [1.54, 1.807) is 6.92 Å². The van der Waals surface area contributed by atoms with Crippen LogP contribution in [0.3, 0.4) is 0 Å². The van der Waals surface area contributed by atoms with Gasteiger partial charge in [-0.1, -0.05) is 0 Å². The van der Waals surface area contributed by atoms with Gasteiger partial charge in [-0.15, -0.1) is 0 Å². The van der Waals surface area contributed by atoms with Gasteiger partial charge in [0.2, 0.25) is 5.96 Å². The van der Waals surface area contributed by atoms with Gasteiger partial charge in [0.15, 0.2) is 0 Å². The summed E-state index contributed by atoms with van der Waals surface area (Å²) >= 11 is 0. The highest BCUT2D eigenvalue weighted by atomic mass is 15.4. The smallest absolute Gasteiger partial charge is 0.204 e. The lowest BCUT2D eigenvalue weighted by Crippen LogP contribution is -2.44. The lowest BCUT2D eigenvalue weighted by Gasteiger charge is -2.05. The van der Waals surface area contributed by atoms with E-state index in [0.717, 1.165) is 12.4 Å². The van der Waals surface area contributed by atoms with E-state index in [9.17, 15) is 0 Å². The fraction of sp³-hybridized carbons (Fsp3) is 0.600. The first-order valence-electron chi connectivity index (χ1n) is 3.04. The first kappa shape index (κ1) is 8.74. The summed E-state index contributed by atoms with van der Waals surface area (Å²) < 4.78 is 0. The summed E-state index contributed by atoms with van der Waals surface area (Å²) in [6.45, 7) is 4.44. The van der Waals surface area contributed by atoms with Crippen LogP contribution in [0.15, 0.2) is 4.99 Å². The number of nitrogens with two attached hydrogens (primary N) is 1. The van der Waals surface area contributed by atoms with Crippen LogP contribution in [0.25, 0.3) is 0 Å². The molecule has 5 nitrogen and oxygen atoms in total. The largest absolute Gasteiger partial charge is 0.369 e. The third kappa shape index (κ3) is 4.89. The van der Waals surface area contributed by atoms with Crippen LogP contribution in [-0.2, 0) is 0 Å². The fourth-order valence-corrected chi connectivity index (χ4v) is 0.434. The molecule has 10 heavy (non-hydrogen) atoms. The molecular formula is C5H13N5. The first-order valence-corrected chi connectivity index (χ1v) is 3.04. The van der Waals surface area contributed by atoms with Crippen molar-refractivity contribution in [1.82, 2.24) is 10.9 Å². The van der Waals surface area contributed by atoms with Crippen LogP contribution >= 0.6 is 0 Å². The Hall–Kier alpha value is -1.26. The number of hydrazine groups is 1. The predicted octanol–water partition coefficient (Wildman–Crippen LogP) is -0.588. The maximum atomic E-state index is 6.77. The Balaban J connectivity index is 3.48. The Morgan fingerprint density at radius 3 is 2.60 bits per heavy atom. The van der Waals surface area contributed by atoms with E-state index in [1.165, 1.54) is 0 Å². The monoisotopic (exact) mass is 143 g/mol. The first-order chi connectivity index (χ1) is 4.66. The van der Waals surface area contributed by atoms with Crippen molar-refractivity contribution in [3.05, 3.63) is 0 Å². The molecule has 0 fully saturated rings. The summed E-state index contributed by atoms with van der Waals surface area (Å²) in [4.78, 5) is 3.99.